The number of nitrogens with zero attached hydrogens (tertiary/aromatic N) is 3. The Hall–Kier alpha value is -2.87. The molecular weight excluding hydrogens is 596 g/mol. The van der Waals surface area contributed by atoms with Gasteiger partial charge < -0.3 is 15.3 Å². The summed E-state index contributed by atoms with van der Waals surface area (Å²) < 4.78 is 58.5. The summed E-state index contributed by atoms with van der Waals surface area (Å²) in [5.74, 6) is -1.86. The van der Waals surface area contributed by atoms with E-state index in [1.165, 1.54) is 23.5 Å². The van der Waals surface area contributed by atoms with E-state index in [0.29, 0.717) is 13.0 Å². The second-order valence-electron chi connectivity index (χ2n) is 8.70. The molecule has 1 amide bonds. The molecule has 0 saturated heterocycles. The van der Waals surface area contributed by atoms with Crippen molar-refractivity contribution in [2.24, 2.45) is 4.99 Å². The van der Waals surface area contributed by atoms with Gasteiger partial charge in [0.05, 0.1) is 16.6 Å². The van der Waals surface area contributed by atoms with E-state index in [2.05, 4.69) is 22.4 Å². The smallest absolute Gasteiger partial charge is 0.475 e. The summed E-state index contributed by atoms with van der Waals surface area (Å²) in [7, 11) is -0.623. The molecule has 3 rings (SSSR count). The lowest BCUT2D eigenvalue weighted by Crippen LogP contribution is -2.31. The topological polar surface area (TPSA) is 119 Å². The number of aliphatic imine (C=N–C) groups is 1. The van der Waals surface area contributed by atoms with Crippen LogP contribution in [0.1, 0.15) is 24.0 Å². The van der Waals surface area contributed by atoms with Gasteiger partial charge in [-0.1, -0.05) is 53.5 Å². The highest BCUT2D eigenvalue weighted by molar-refractivity contribution is 7.89. The Morgan fingerprint density at radius 2 is 1.62 bits per heavy atom. The van der Waals surface area contributed by atoms with E-state index >= 15 is 0 Å². The summed E-state index contributed by atoms with van der Waals surface area (Å²) in [6, 6.07) is 12.7. The highest BCUT2D eigenvalue weighted by Gasteiger charge is 2.38. The molecule has 2 aromatic carbocycles. The number of amidine groups is 1. The number of rotatable bonds is 10. The Morgan fingerprint density at radius 3 is 2.12 bits per heavy atom. The van der Waals surface area contributed by atoms with Gasteiger partial charge in [-0.05, 0) is 30.5 Å². The fourth-order valence-corrected chi connectivity index (χ4v) is 5.78. The van der Waals surface area contributed by atoms with Gasteiger partial charge in [0.15, 0.2) is 0 Å². The number of hydrogen-bond acceptors (Lipinski definition) is 6. The average molecular weight is 625 g/mol. The van der Waals surface area contributed by atoms with Crippen LogP contribution in [0.3, 0.4) is 0 Å². The maximum Gasteiger partial charge on any atom is 0.490 e. The first-order valence-electron chi connectivity index (χ1n) is 12.0. The maximum absolute atomic E-state index is 12.8. The van der Waals surface area contributed by atoms with Crippen molar-refractivity contribution in [1.29, 1.82) is 0 Å². The predicted octanol–water partition coefficient (Wildman–Crippen LogP) is 4.08. The number of hydrogen-bond donors (Lipinski definition) is 2. The van der Waals surface area contributed by atoms with Crippen molar-refractivity contribution in [2.75, 3.05) is 40.3 Å². The minimum absolute atomic E-state index is 0.0299. The molecule has 0 radical (unpaired) electrons. The third kappa shape index (κ3) is 9.65. The van der Waals surface area contributed by atoms with Gasteiger partial charge in [0.1, 0.15) is 10.7 Å². The Kier molecular flexibility index (Phi) is 12.2. The van der Waals surface area contributed by atoms with Gasteiger partial charge in [-0.3, -0.25) is 9.79 Å². The monoisotopic (exact) mass is 624 g/mol. The Labute approximate surface area is 240 Å². The Balaban J connectivity index is 0.000000708. The molecule has 1 heterocycles. The molecule has 220 valence electrons. The number of benzene rings is 2. The molecule has 0 aromatic heterocycles. The standard InChI is InChI=1S/C23H28Cl2N4O3S.C2HF3O2/c1-28(16-12-17-8-10-18(11-9-17)23-26-13-14-27-23)21(30)7-4-15-29(2)33(31,32)22-19(24)5-3-6-20(22)25;3-2(4,5)1(6)7/h3,5-6,8-11H,4,7,12-16H2,1-2H3,(H,26,27);(H,6,7). The Morgan fingerprint density at radius 1 is 1.05 bits per heavy atom. The summed E-state index contributed by atoms with van der Waals surface area (Å²) in [4.78, 5) is 27.4. The molecule has 0 saturated carbocycles. The van der Waals surface area contributed by atoms with E-state index in [0.717, 1.165) is 36.5 Å². The normalized spacial score (nSPS) is 13.2. The van der Waals surface area contributed by atoms with Crippen molar-refractivity contribution in [3.05, 3.63) is 63.6 Å². The van der Waals surface area contributed by atoms with Crippen LogP contribution in [-0.2, 0) is 26.0 Å². The molecule has 1 aliphatic rings. The van der Waals surface area contributed by atoms with Crippen molar-refractivity contribution in [2.45, 2.75) is 30.3 Å². The number of likely N-dealkylation sites (N-methyl/N-ethyl adjacent to an activating group) is 1. The number of halogens is 5. The molecule has 0 fully saturated rings. The van der Waals surface area contributed by atoms with Crippen molar-refractivity contribution in [3.8, 4) is 0 Å². The molecule has 0 spiro atoms. The van der Waals surface area contributed by atoms with Crippen molar-refractivity contribution in [3.63, 3.8) is 0 Å². The lowest BCUT2D eigenvalue weighted by atomic mass is 10.1. The van der Waals surface area contributed by atoms with E-state index in [4.69, 9.17) is 33.1 Å². The molecule has 1 aliphatic heterocycles. The quantitative estimate of drug-likeness (QED) is 0.411. The summed E-state index contributed by atoms with van der Waals surface area (Å²) in [5, 5.41) is 10.5. The zero-order valence-electron chi connectivity index (χ0n) is 21.7. The maximum atomic E-state index is 12.8. The zero-order valence-corrected chi connectivity index (χ0v) is 24.0. The predicted molar refractivity (Wildman–Crippen MR) is 146 cm³/mol. The van der Waals surface area contributed by atoms with E-state index in [1.54, 1.807) is 18.0 Å². The van der Waals surface area contributed by atoms with E-state index in [9.17, 15) is 26.4 Å². The van der Waals surface area contributed by atoms with Gasteiger partial charge in [-0.25, -0.2) is 17.5 Å². The van der Waals surface area contributed by atoms with Crippen LogP contribution in [0.15, 0.2) is 52.4 Å². The second kappa shape index (κ2) is 14.7. The molecule has 15 heteroatoms. The van der Waals surface area contributed by atoms with Gasteiger partial charge in [0.25, 0.3) is 0 Å². The first-order chi connectivity index (χ1) is 18.6. The largest absolute Gasteiger partial charge is 0.490 e. The van der Waals surface area contributed by atoms with Crippen LogP contribution in [0, 0.1) is 0 Å². The van der Waals surface area contributed by atoms with Crippen molar-refractivity contribution in [1.82, 2.24) is 14.5 Å². The third-order valence-electron chi connectivity index (χ3n) is 5.76. The van der Waals surface area contributed by atoms with Crippen LogP contribution in [0.5, 0.6) is 0 Å². The number of amides is 1. The molecule has 2 N–H and O–H groups in total. The summed E-state index contributed by atoms with van der Waals surface area (Å²) in [5.41, 5.74) is 2.21. The summed E-state index contributed by atoms with van der Waals surface area (Å²) in [6.07, 6.45) is -3.70. The van der Waals surface area contributed by atoms with Crippen LogP contribution >= 0.6 is 23.2 Å². The fraction of sp³-hybridized carbons (Fsp3) is 0.400. The number of aliphatic carboxylic acids is 1. The highest BCUT2D eigenvalue weighted by atomic mass is 35.5. The number of carboxylic acid groups (broad SMARTS) is 1. The molecule has 9 nitrogen and oxygen atoms in total. The first-order valence-corrected chi connectivity index (χ1v) is 14.2. The SMILES string of the molecule is CN(CCc1ccc(C2=NCCN2)cc1)C(=O)CCCN(C)S(=O)(=O)c1c(Cl)cccc1Cl.O=C(O)C(F)(F)F. The van der Waals surface area contributed by atoms with E-state index in [-0.39, 0.29) is 33.8 Å². The van der Waals surface area contributed by atoms with Crippen molar-refractivity contribution >= 4 is 50.9 Å². The van der Waals surface area contributed by atoms with Crippen molar-refractivity contribution < 1.29 is 36.3 Å². The van der Waals surface area contributed by atoms with E-state index in [1.807, 2.05) is 12.1 Å². The minimum Gasteiger partial charge on any atom is -0.475 e. The van der Waals surface area contributed by atoms with Gasteiger partial charge >= 0.3 is 12.1 Å². The lowest BCUT2D eigenvalue weighted by Gasteiger charge is -2.20. The number of carbonyl (C=O) groups is 2. The lowest BCUT2D eigenvalue weighted by molar-refractivity contribution is -0.192. The third-order valence-corrected chi connectivity index (χ3v) is 8.57. The second-order valence-corrected chi connectivity index (χ2v) is 11.5. The number of carbonyl (C=O) groups excluding carboxylic acids is 1. The molecule has 0 bridgehead atoms. The number of sulfonamides is 1. The Bertz CT molecular complexity index is 1300. The van der Waals surface area contributed by atoms with Gasteiger partial charge in [-0.2, -0.15) is 13.2 Å². The van der Waals surface area contributed by atoms with Crippen LogP contribution in [0.4, 0.5) is 13.2 Å². The van der Waals surface area contributed by atoms with Gasteiger partial charge in [0.2, 0.25) is 15.9 Å². The fourth-order valence-electron chi connectivity index (χ4n) is 3.49. The molecular formula is C25H29Cl2F3N4O5S. The van der Waals surface area contributed by atoms with Crippen LogP contribution in [0.2, 0.25) is 10.0 Å². The molecule has 2 aromatic rings. The molecule has 0 aliphatic carbocycles. The molecule has 0 atom stereocenters. The molecule has 0 unspecified atom stereocenters. The van der Waals surface area contributed by atoms with Crippen LogP contribution in [-0.4, -0.2) is 86.9 Å². The number of alkyl halides is 3. The first kappa shape index (κ1) is 33.3. The summed E-state index contributed by atoms with van der Waals surface area (Å²) in [6.45, 7) is 2.45. The minimum atomic E-state index is -5.08. The van der Waals surface area contributed by atoms with Crippen LogP contribution in [0.25, 0.3) is 0 Å². The average Bonchev–Trinajstić information content (AvgIpc) is 3.42. The van der Waals surface area contributed by atoms with E-state index < -0.39 is 22.2 Å². The number of nitrogens with one attached hydrogen (secondary N) is 1. The van der Waals surface area contributed by atoms with Gasteiger partial charge in [0, 0.05) is 45.7 Å². The highest BCUT2D eigenvalue weighted by Crippen LogP contribution is 2.31. The summed E-state index contributed by atoms with van der Waals surface area (Å²) >= 11 is 12.1. The number of carboxylic acids is 1. The van der Waals surface area contributed by atoms with Crippen LogP contribution < -0.4 is 5.32 Å². The zero-order chi connectivity index (χ0) is 30.1. The molecule has 40 heavy (non-hydrogen) atoms. The van der Waals surface area contributed by atoms with Gasteiger partial charge in [-0.15, -0.1) is 0 Å².